The van der Waals surface area contributed by atoms with Gasteiger partial charge in [-0.2, -0.15) is 0 Å². The Balaban J connectivity index is 2.25. The van der Waals surface area contributed by atoms with Gasteiger partial charge in [0, 0.05) is 18.2 Å². The van der Waals surface area contributed by atoms with Crippen LogP contribution in [-0.2, 0) is 0 Å². The van der Waals surface area contributed by atoms with Gasteiger partial charge in [0.2, 0.25) is 0 Å². The highest BCUT2D eigenvalue weighted by atomic mass is 19.1. The van der Waals surface area contributed by atoms with E-state index in [9.17, 15) is 4.39 Å². The lowest BCUT2D eigenvalue weighted by molar-refractivity contribution is 0.167. The molecule has 2 atom stereocenters. The molecule has 2 rings (SSSR count). The van der Waals surface area contributed by atoms with Crippen molar-refractivity contribution < 1.29 is 4.39 Å². The van der Waals surface area contributed by atoms with Crippen molar-refractivity contribution in [2.24, 2.45) is 11.7 Å². The van der Waals surface area contributed by atoms with Gasteiger partial charge in [-0.3, -0.25) is 4.90 Å². The fourth-order valence-corrected chi connectivity index (χ4v) is 2.71. The number of nitrogens with zero attached hydrogens (tertiary/aromatic N) is 1. The zero-order chi connectivity index (χ0) is 13.8. The van der Waals surface area contributed by atoms with Crippen LogP contribution >= 0.6 is 0 Å². The van der Waals surface area contributed by atoms with E-state index < -0.39 is 0 Å². The first-order chi connectivity index (χ1) is 9.17. The van der Waals surface area contributed by atoms with E-state index in [0.29, 0.717) is 0 Å². The number of likely N-dealkylation sites (N-methyl/N-ethyl adjacent to an activating group) is 1. The average molecular weight is 264 g/mol. The molecule has 1 fully saturated rings. The molecule has 2 nitrogen and oxygen atoms in total. The molecule has 0 aliphatic heterocycles. The molecule has 1 aliphatic rings. The molecule has 19 heavy (non-hydrogen) atoms. The Labute approximate surface area is 115 Å². The summed E-state index contributed by atoms with van der Waals surface area (Å²) in [5.41, 5.74) is 7.03. The van der Waals surface area contributed by atoms with E-state index in [1.54, 1.807) is 6.07 Å². The molecule has 0 amide bonds. The van der Waals surface area contributed by atoms with E-state index in [4.69, 9.17) is 5.73 Å². The Morgan fingerprint density at radius 2 is 2.00 bits per heavy atom. The van der Waals surface area contributed by atoms with Crippen molar-refractivity contribution in [1.29, 1.82) is 0 Å². The molecule has 0 radical (unpaired) electrons. The SMILES string of the molecule is CCC(N)C(c1ccccc1F)N(CC)CC1CC1. The van der Waals surface area contributed by atoms with Gasteiger partial charge in [-0.25, -0.2) is 4.39 Å². The number of hydrogen-bond acceptors (Lipinski definition) is 2. The van der Waals surface area contributed by atoms with Gasteiger partial charge in [0.25, 0.3) is 0 Å². The molecule has 1 aromatic rings. The Morgan fingerprint density at radius 1 is 1.32 bits per heavy atom. The largest absolute Gasteiger partial charge is 0.326 e. The minimum absolute atomic E-state index is 0.00296. The fourth-order valence-electron chi connectivity index (χ4n) is 2.71. The van der Waals surface area contributed by atoms with Gasteiger partial charge in [-0.15, -0.1) is 0 Å². The van der Waals surface area contributed by atoms with Crippen molar-refractivity contribution in [2.45, 2.75) is 45.2 Å². The maximum atomic E-state index is 14.1. The van der Waals surface area contributed by atoms with Crippen LogP contribution < -0.4 is 5.73 Å². The summed E-state index contributed by atoms with van der Waals surface area (Å²) >= 11 is 0. The number of halogens is 1. The summed E-state index contributed by atoms with van der Waals surface area (Å²) in [6.45, 7) is 6.18. The van der Waals surface area contributed by atoms with Crippen LogP contribution in [0.4, 0.5) is 4.39 Å². The van der Waals surface area contributed by atoms with Gasteiger partial charge in [0.15, 0.2) is 0 Å². The number of rotatable bonds is 7. The van der Waals surface area contributed by atoms with Gasteiger partial charge in [0.05, 0.1) is 6.04 Å². The molecule has 2 N–H and O–H groups in total. The van der Waals surface area contributed by atoms with Crippen LogP contribution in [0.15, 0.2) is 24.3 Å². The quantitative estimate of drug-likeness (QED) is 0.818. The smallest absolute Gasteiger partial charge is 0.128 e. The van der Waals surface area contributed by atoms with E-state index in [1.165, 1.54) is 18.9 Å². The monoisotopic (exact) mass is 264 g/mol. The normalized spacial score (nSPS) is 18.6. The second kappa shape index (κ2) is 6.49. The van der Waals surface area contributed by atoms with Crippen LogP contribution in [-0.4, -0.2) is 24.0 Å². The minimum atomic E-state index is -0.134. The molecule has 2 unspecified atom stereocenters. The van der Waals surface area contributed by atoms with Crippen LogP contribution in [0, 0.1) is 11.7 Å². The lowest BCUT2D eigenvalue weighted by Gasteiger charge is -2.35. The fraction of sp³-hybridized carbons (Fsp3) is 0.625. The van der Waals surface area contributed by atoms with Crippen LogP contribution in [0.1, 0.15) is 44.7 Å². The van der Waals surface area contributed by atoms with Crippen LogP contribution in [0.25, 0.3) is 0 Å². The highest BCUT2D eigenvalue weighted by Gasteiger charge is 2.31. The van der Waals surface area contributed by atoms with E-state index in [-0.39, 0.29) is 17.9 Å². The zero-order valence-corrected chi connectivity index (χ0v) is 12.0. The Morgan fingerprint density at radius 3 is 2.53 bits per heavy atom. The van der Waals surface area contributed by atoms with Gasteiger partial charge in [-0.05, 0) is 37.8 Å². The molecule has 1 saturated carbocycles. The van der Waals surface area contributed by atoms with Crippen LogP contribution in [0.3, 0.4) is 0 Å². The van der Waals surface area contributed by atoms with E-state index in [0.717, 1.165) is 31.0 Å². The van der Waals surface area contributed by atoms with Gasteiger partial charge >= 0.3 is 0 Å². The summed E-state index contributed by atoms with van der Waals surface area (Å²) in [6, 6.07) is 7.04. The third-order valence-electron chi connectivity index (χ3n) is 4.09. The second-order valence-electron chi connectivity index (χ2n) is 5.57. The number of hydrogen-bond donors (Lipinski definition) is 1. The molecule has 106 valence electrons. The van der Waals surface area contributed by atoms with Crippen LogP contribution in [0.5, 0.6) is 0 Å². The standard InChI is InChI=1S/C16H25FN2/c1-3-15(18)16(13-7-5-6-8-14(13)17)19(4-2)11-12-9-10-12/h5-8,12,15-16H,3-4,9-11,18H2,1-2H3. The Kier molecular flexibility index (Phi) is 4.94. The molecule has 0 aromatic heterocycles. The van der Waals surface area contributed by atoms with E-state index >= 15 is 0 Å². The third-order valence-corrected chi connectivity index (χ3v) is 4.09. The third kappa shape index (κ3) is 3.54. The molecule has 0 bridgehead atoms. The summed E-state index contributed by atoms with van der Waals surface area (Å²) in [6.07, 6.45) is 3.48. The molecular formula is C16H25FN2. The first-order valence-corrected chi connectivity index (χ1v) is 7.41. The Hall–Kier alpha value is -0.930. The highest BCUT2D eigenvalue weighted by molar-refractivity contribution is 5.23. The predicted molar refractivity (Wildman–Crippen MR) is 77.4 cm³/mol. The molecule has 0 heterocycles. The highest BCUT2D eigenvalue weighted by Crippen LogP contribution is 2.34. The van der Waals surface area contributed by atoms with Crippen molar-refractivity contribution in [3.05, 3.63) is 35.6 Å². The van der Waals surface area contributed by atoms with Crippen LogP contribution in [0.2, 0.25) is 0 Å². The molecular weight excluding hydrogens is 239 g/mol. The molecule has 0 spiro atoms. The van der Waals surface area contributed by atoms with Crippen molar-refractivity contribution in [1.82, 2.24) is 4.90 Å². The van der Waals surface area contributed by atoms with Gasteiger partial charge in [0.1, 0.15) is 5.82 Å². The first kappa shape index (κ1) is 14.5. The molecule has 1 aromatic carbocycles. The lowest BCUT2D eigenvalue weighted by Crippen LogP contribution is -2.42. The van der Waals surface area contributed by atoms with Crippen molar-refractivity contribution in [3.63, 3.8) is 0 Å². The van der Waals surface area contributed by atoms with E-state index in [1.807, 2.05) is 12.1 Å². The summed E-state index contributed by atoms with van der Waals surface area (Å²) in [5.74, 6) is 0.656. The van der Waals surface area contributed by atoms with Gasteiger partial charge in [-0.1, -0.05) is 32.0 Å². The molecule has 1 aliphatic carbocycles. The maximum Gasteiger partial charge on any atom is 0.128 e. The number of benzene rings is 1. The molecule has 0 saturated heterocycles. The van der Waals surface area contributed by atoms with Crippen molar-refractivity contribution >= 4 is 0 Å². The van der Waals surface area contributed by atoms with E-state index in [2.05, 4.69) is 18.7 Å². The summed E-state index contributed by atoms with van der Waals surface area (Å²) in [5, 5.41) is 0. The molecule has 3 heteroatoms. The van der Waals surface area contributed by atoms with Crippen molar-refractivity contribution in [3.8, 4) is 0 Å². The number of nitrogens with two attached hydrogens (primary N) is 1. The Bertz CT molecular complexity index is 403. The summed E-state index contributed by atoms with van der Waals surface area (Å²) in [4.78, 5) is 2.35. The second-order valence-corrected chi connectivity index (χ2v) is 5.57. The average Bonchev–Trinajstić information content (AvgIpc) is 3.23. The minimum Gasteiger partial charge on any atom is -0.326 e. The maximum absolute atomic E-state index is 14.1. The predicted octanol–water partition coefficient (Wildman–Crippen LogP) is 3.34. The topological polar surface area (TPSA) is 29.3 Å². The summed E-state index contributed by atoms with van der Waals surface area (Å²) < 4.78 is 14.1. The zero-order valence-electron chi connectivity index (χ0n) is 12.0. The van der Waals surface area contributed by atoms with Crippen molar-refractivity contribution in [2.75, 3.05) is 13.1 Å². The van der Waals surface area contributed by atoms with Gasteiger partial charge < -0.3 is 5.73 Å². The lowest BCUT2D eigenvalue weighted by atomic mass is 9.95. The summed E-state index contributed by atoms with van der Waals surface area (Å²) in [7, 11) is 0. The first-order valence-electron chi connectivity index (χ1n) is 7.41.